The highest BCUT2D eigenvalue weighted by molar-refractivity contribution is 8.21. The number of allylic oxidation sites excluding steroid dienone is 1. The predicted molar refractivity (Wildman–Crippen MR) is 50.6 cm³/mol. The van der Waals surface area contributed by atoms with Gasteiger partial charge in [-0.3, -0.25) is 4.79 Å². The number of Topliss-reactive ketones (excluding diaryl/α,β-unsaturated/α-hetero) is 1. The lowest BCUT2D eigenvalue weighted by Gasteiger charge is -1.99. The zero-order valence-corrected chi connectivity index (χ0v) is 8.49. The summed E-state index contributed by atoms with van der Waals surface area (Å²) in [5.74, 6) is -0.0691. The van der Waals surface area contributed by atoms with Gasteiger partial charge in [0.15, 0.2) is 5.78 Å². The van der Waals surface area contributed by atoms with Crippen LogP contribution in [0.25, 0.3) is 0 Å². The molecule has 0 amide bonds. The number of hydrogen-bond acceptors (Lipinski definition) is 3. The van der Waals surface area contributed by atoms with Gasteiger partial charge in [-0.25, -0.2) is 0 Å². The molecular weight excluding hydrogens is 188 g/mol. The minimum absolute atomic E-state index is 0.0691. The Morgan fingerprint density at radius 1 is 1.30 bits per heavy atom. The van der Waals surface area contributed by atoms with Crippen molar-refractivity contribution in [3.05, 3.63) is 9.27 Å². The highest BCUT2D eigenvalue weighted by atomic mass is 35.5. The number of ketones is 1. The SMILES string of the molecule is CSC(SC)=C(Cl)C(C)=O. The molecule has 0 radical (unpaired) electrons. The smallest absolute Gasteiger partial charge is 0.172 e. The number of carbonyl (C=O) groups excluding carboxylic acids is 1. The maximum Gasteiger partial charge on any atom is 0.172 e. The van der Waals surface area contributed by atoms with Gasteiger partial charge in [-0.05, 0) is 12.5 Å². The van der Waals surface area contributed by atoms with Crippen LogP contribution in [0.4, 0.5) is 0 Å². The van der Waals surface area contributed by atoms with Crippen LogP contribution < -0.4 is 0 Å². The van der Waals surface area contributed by atoms with E-state index in [9.17, 15) is 4.79 Å². The van der Waals surface area contributed by atoms with E-state index in [1.165, 1.54) is 30.4 Å². The normalized spacial score (nSPS) is 9.20. The summed E-state index contributed by atoms with van der Waals surface area (Å²) in [7, 11) is 0. The lowest BCUT2D eigenvalue weighted by Crippen LogP contribution is -1.90. The molecule has 0 aromatic heterocycles. The molecule has 0 saturated carbocycles. The minimum atomic E-state index is -0.0691. The van der Waals surface area contributed by atoms with E-state index in [0.717, 1.165) is 4.24 Å². The lowest BCUT2D eigenvalue weighted by molar-refractivity contribution is -0.113. The Balaban J connectivity index is 4.43. The molecule has 0 aliphatic heterocycles. The molecule has 0 spiro atoms. The van der Waals surface area contributed by atoms with Crippen LogP contribution in [0, 0.1) is 0 Å². The van der Waals surface area contributed by atoms with Crippen molar-refractivity contribution in [2.45, 2.75) is 6.92 Å². The minimum Gasteiger partial charge on any atom is -0.293 e. The molecule has 0 fully saturated rings. The molecular formula is C6H9ClOS2. The molecule has 0 aromatic rings. The first kappa shape index (κ1) is 10.4. The first-order chi connectivity index (χ1) is 4.63. The van der Waals surface area contributed by atoms with E-state index in [4.69, 9.17) is 11.6 Å². The van der Waals surface area contributed by atoms with Gasteiger partial charge in [-0.2, -0.15) is 0 Å². The molecule has 0 rings (SSSR count). The van der Waals surface area contributed by atoms with E-state index in [-0.39, 0.29) is 5.78 Å². The standard InChI is InChI=1S/C6H9ClOS2/c1-4(8)5(7)6(9-2)10-3/h1-3H3. The van der Waals surface area contributed by atoms with Gasteiger partial charge in [0.05, 0.1) is 4.24 Å². The Kier molecular flexibility index (Phi) is 5.31. The fraction of sp³-hybridized carbons (Fsp3) is 0.500. The number of thioether (sulfide) groups is 2. The van der Waals surface area contributed by atoms with Crippen molar-refractivity contribution >= 4 is 40.9 Å². The van der Waals surface area contributed by atoms with Gasteiger partial charge in [0.2, 0.25) is 0 Å². The molecule has 4 heteroatoms. The first-order valence-electron chi connectivity index (χ1n) is 2.62. The Bertz CT molecular complexity index is 159. The number of halogens is 1. The summed E-state index contributed by atoms with van der Waals surface area (Å²) in [4.78, 5) is 10.7. The topological polar surface area (TPSA) is 17.1 Å². The van der Waals surface area contributed by atoms with Crippen molar-refractivity contribution in [3.63, 3.8) is 0 Å². The van der Waals surface area contributed by atoms with Crippen molar-refractivity contribution in [2.24, 2.45) is 0 Å². The summed E-state index contributed by atoms with van der Waals surface area (Å²) in [6.45, 7) is 1.47. The molecule has 0 aliphatic carbocycles. The third-order valence-electron chi connectivity index (χ3n) is 0.859. The molecule has 0 aliphatic rings. The van der Waals surface area contributed by atoms with Crippen molar-refractivity contribution < 1.29 is 4.79 Å². The third-order valence-corrected chi connectivity index (χ3v) is 3.69. The van der Waals surface area contributed by atoms with Crippen LogP contribution in [0.3, 0.4) is 0 Å². The van der Waals surface area contributed by atoms with Crippen LogP contribution >= 0.6 is 35.1 Å². The quantitative estimate of drug-likeness (QED) is 0.647. The van der Waals surface area contributed by atoms with Crippen LogP contribution in [0.15, 0.2) is 9.27 Å². The van der Waals surface area contributed by atoms with Gasteiger partial charge >= 0.3 is 0 Å². The molecule has 0 N–H and O–H groups in total. The molecule has 10 heavy (non-hydrogen) atoms. The van der Waals surface area contributed by atoms with Crippen LogP contribution in [-0.4, -0.2) is 18.3 Å². The average Bonchev–Trinajstić information content (AvgIpc) is 1.90. The van der Waals surface area contributed by atoms with Crippen molar-refractivity contribution in [1.29, 1.82) is 0 Å². The number of carbonyl (C=O) groups is 1. The van der Waals surface area contributed by atoms with Gasteiger partial charge in [0.1, 0.15) is 5.03 Å². The van der Waals surface area contributed by atoms with E-state index >= 15 is 0 Å². The predicted octanol–water partition coefficient (Wildman–Crippen LogP) is 2.71. The van der Waals surface area contributed by atoms with Crippen LogP contribution in [-0.2, 0) is 4.79 Å². The van der Waals surface area contributed by atoms with Crippen LogP contribution in [0.5, 0.6) is 0 Å². The van der Waals surface area contributed by atoms with Crippen LogP contribution in [0.2, 0.25) is 0 Å². The third kappa shape index (κ3) is 2.99. The van der Waals surface area contributed by atoms with Gasteiger partial charge in [-0.1, -0.05) is 11.6 Å². The lowest BCUT2D eigenvalue weighted by atomic mass is 10.4. The average molecular weight is 197 g/mol. The van der Waals surface area contributed by atoms with E-state index in [0.29, 0.717) is 5.03 Å². The first-order valence-corrected chi connectivity index (χ1v) is 5.45. The van der Waals surface area contributed by atoms with E-state index in [2.05, 4.69) is 0 Å². The molecule has 1 nitrogen and oxygen atoms in total. The Morgan fingerprint density at radius 3 is 1.80 bits per heavy atom. The Hall–Kier alpha value is 0.400. The van der Waals surface area contributed by atoms with Gasteiger partial charge in [0, 0.05) is 6.92 Å². The second-order valence-corrected chi connectivity index (χ2v) is 3.84. The molecule has 0 unspecified atom stereocenters. The van der Waals surface area contributed by atoms with Gasteiger partial charge < -0.3 is 0 Å². The van der Waals surface area contributed by atoms with Crippen molar-refractivity contribution in [3.8, 4) is 0 Å². The molecule has 0 aromatic carbocycles. The summed E-state index contributed by atoms with van der Waals surface area (Å²) >= 11 is 8.66. The number of hydrogen-bond donors (Lipinski definition) is 0. The van der Waals surface area contributed by atoms with Gasteiger partial charge in [0.25, 0.3) is 0 Å². The Labute approximate surface area is 74.6 Å². The summed E-state index contributed by atoms with van der Waals surface area (Å²) in [5.41, 5.74) is 0. The largest absolute Gasteiger partial charge is 0.293 e. The zero-order chi connectivity index (χ0) is 8.15. The van der Waals surface area contributed by atoms with E-state index < -0.39 is 0 Å². The summed E-state index contributed by atoms with van der Waals surface area (Å²) in [5, 5.41) is 0.347. The monoisotopic (exact) mass is 196 g/mol. The second-order valence-electron chi connectivity index (χ2n) is 1.57. The molecule has 58 valence electrons. The fourth-order valence-electron chi connectivity index (χ4n) is 0.406. The maximum absolute atomic E-state index is 10.7. The summed E-state index contributed by atoms with van der Waals surface area (Å²) < 4.78 is 0.883. The molecule has 0 atom stereocenters. The second kappa shape index (κ2) is 5.10. The Morgan fingerprint density at radius 2 is 1.70 bits per heavy atom. The highest BCUT2D eigenvalue weighted by Crippen LogP contribution is 2.29. The van der Waals surface area contributed by atoms with Crippen molar-refractivity contribution in [1.82, 2.24) is 0 Å². The van der Waals surface area contributed by atoms with Gasteiger partial charge in [-0.15, -0.1) is 23.5 Å². The molecule has 0 bridgehead atoms. The summed E-state index contributed by atoms with van der Waals surface area (Å²) in [6, 6.07) is 0. The van der Waals surface area contributed by atoms with Crippen molar-refractivity contribution in [2.75, 3.05) is 12.5 Å². The van der Waals surface area contributed by atoms with E-state index in [1.54, 1.807) is 0 Å². The van der Waals surface area contributed by atoms with E-state index in [1.807, 2.05) is 12.5 Å². The number of rotatable bonds is 3. The van der Waals surface area contributed by atoms with Crippen LogP contribution in [0.1, 0.15) is 6.92 Å². The highest BCUT2D eigenvalue weighted by Gasteiger charge is 2.05. The summed E-state index contributed by atoms with van der Waals surface area (Å²) in [6.07, 6.45) is 3.80. The maximum atomic E-state index is 10.7. The fourth-order valence-corrected chi connectivity index (χ4v) is 2.18. The molecule has 0 heterocycles. The molecule has 0 saturated heterocycles. The zero-order valence-electron chi connectivity index (χ0n) is 6.10.